The van der Waals surface area contributed by atoms with Crippen molar-refractivity contribution in [2.45, 2.75) is 36.7 Å². The lowest BCUT2D eigenvalue weighted by Gasteiger charge is -2.21. The van der Waals surface area contributed by atoms with E-state index in [0.717, 1.165) is 12.2 Å². The Kier molecular flexibility index (Phi) is 4.84. The van der Waals surface area contributed by atoms with Crippen LogP contribution in [0.3, 0.4) is 0 Å². The van der Waals surface area contributed by atoms with Gasteiger partial charge in [-0.05, 0) is 25.6 Å². The SMILES string of the molecule is CNCc1ccc(S(=O)(=O)N2CCSC(C)(C)CC2)o1. The Hall–Kier alpha value is -0.500. The van der Waals surface area contributed by atoms with Gasteiger partial charge in [-0.25, -0.2) is 8.42 Å². The average molecular weight is 318 g/mol. The third-order valence-electron chi connectivity index (χ3n) is 3.38. The van der Waals surface area contributed by atoms with Gasteiger partial charge in [0.15, 0.2) is 0 Å². The Morgan fingerprint density at radius 3 is 2.85 bits per heavy atom. The van der Waals surface area contributed by atoms with E-state index in [1.807, 2.05) is 11.8 Å². The van der Waals surface area contributed by atoms with E-state index in [9.17, 15) is 8.42 Å². The maximum atomic E-state index is 12.6. The molecule has 0 aliphatic carbocycles. The molecule has 7 heteroatoms. The molecule has 0 aromatic carbocycles. The van der Waals surface area contributed by atoms with Gasteiger partial charge in [-0.15, -0.1) is 0 Å². The monoisotopic (exact) mass is 318 g/mol. The standard InChI is InChI=1S/C13H22N2O3S2/c1-13(2)6-7-15(8-9-19-13)20(16,17)12-5-4-11(18-12)10-14-3/h4-5,14H,6-10H2,1-3H3. The molecule has 114 valence electrons. The van der Waals surface area contributed by atoms with Crippen LogP contribution in [-0.4, -0.2) is 43.4 Å². The molecule has 0 bridgehead atoms. The molecule has 2 rings (SSSR count). The molecule has 0 amide bonds. The largest absolute Gasteiger partial charge is 0.447 e. The Balaban J connectivity index is 2.16. The van der Waals surface area contributed by atoms with Crippen molar-refractivity contribution in [2.24, 2.45) is 0 Å². The molecule has 1 N–H and O–H groups in total. The van der Waals surface area contributed by atoms with Crippen molar-refractivity contribution >= 4 is 21.8 Å². The first-order chi connectivity index (χ1) is 9.35. The van der Waals surface area contributed by atoms with Crippen LogP contribution in [0.4, 0.5) is 0 Å². The number of nitrogens with one attached hydrogen (secondary N) is 1. The van der Waals surface area contributed by atoms with Gasteiger partial charge in [0, 0.05) is 23.6 Å². The van der Waals surface area contributed by atoms with Crippen molar-refractivity contribution in [1.82, 2.24) is 9.62 Å². The van der Waals surface area contributed by atoms with E-state index in [0.29, 0.717) is 25.4 Å². The molecule has 0 radical (unpaired) electrons. The van der Waals surface area contributed by atoms with E-state index in [1.165, 1.54) is 4.31 Å². The predicted molar refractivity (Wildman–Crippen MR) is 81.4 cm³/mol. The smallest absolute Gasteiger partial charge is 0.276 e. The van der Waals surface area contributed by atoms with E-state index in [-0.39, 0.29) is 9.84 Å². The molecule has 1 aromatic rings. The number of thioether (sulfide) groups is 1. The molecule has 0 atom stereocenters. The summed E-state index contributed by atoms with van der Waals surface area (Å²) in [6.45, 7) is 5.93. The molecule has 1 fully saturated rings. The van der Waals surface area contributed by atoms with Gasteiger partial charge in [-0.3, -0.25) is 0 Å². The van der Waals surface area contributed by atoms with Crippen LogP contribution in [0.5, 0.6) is 0 Å². The van der Waals surface area contributed by atoms with Crippen LogP contribution < -0.4 is 5.32 Å². The van der Waals surface area contributed by atoms with Crippen molar-refractivity contribution < 1.29 is 12.8 Å². The second-order valence-electron chi connectivity index (χ2n) is 5.51. The fourth-order valence-corrected chi connectivity index (χ4v) is 4.72. The quantitative estimate of drug-likeness (QED) is 0.919. The lowest BCUT2D eigenvalue weighted by Crippen LogP contribution is -2.33. The number of rotatable bonds is 4. The zero-order valence-corrected chi connectivity index (χ0v) is 13.8. The second-order valence-corrected chi connectivity index (χ2v) is 9.18. The van der Waals surface area contributed by atoms with Crippen LogP contribution in [0.2, 0.25) is 0 Å². The van der Waals surface area contributed by atoms with Gasteiger partial charge in [0.2, 0.25) is 5.09 Å². The topological polar surface area (TPSA) is 62.6 Å². The molecule has 2 heterocycles. The first kappa shape index (κ1) is 15.9. The van der Waals surface area contributed by atoms with E-state index in [2.05, 4.69) is 19.2 Å². The summed E-state index contributed by atoms with van der Waals surface area (Å²) in [4.78, 5) is 0. The Bertz CT molecular complexity index is 552. The minimum Gasteiger partial charge on any atom is -0.447 e. The fraction of sp³-hybridized carbons (Fsp3) is 0.692. The van der Waals surface area contributed by atoms with Crippen molar-refractivity contribution in [3.63, 3.8) is 0 Å². The number of furan rings is 1. The summed E-state index contributed by atoms with van der Waals surface area (Å²) >= 11 is 1.82. The highest BCUT2D eigenvalue weighted by Crippen LogP contribution is 2.32. The van der Waals surface area contributed by atoms with Crippen molar-refractivity contribution in [2.75, 3.05) is 25.9 Å². The van der Waals surface area contributed by atoms with Gasteiger partial charge in [0.25, 0.3) is 10.0 Å². The Morgan fingerprint density at radius 2 is 2.15 bits per heavy atom. The second kappa shape index (κ2) is 6.09. The van der Waals surface area contributed by atoms with Crippen LogP contribution in [0, 0.1) is 0 Å². The maximum absolute atomic E-state index is 12.6. The zero-order valence-electron chi connectivity index (χ0n) is 12.2. The van der Waals surface area contributed by atoms with Crippen molar-refractivity contribution in [3.8, 4) is 0 Å². The molecule has 0 saturated carbocycles. The van der Waals surface area contributed by atoms with Gasteiger partial charge in [-0.1, -0.05) is 13.8 Å². The summed E-state index contributed by atoms with van der Waals surface area (Å²) in [5.74, 6) is 1.45. The summed E-state index contributed by atoms with van der Waals surface area (Å²) in [7, 11) is -1.71. The first-order valence-corrected chi connectivity index (χ1v) is 9.15. The fourth-order valence-electron chi connectivity index (χ4n) is 2.14. The van der Waals surface area contributed by atoms with Gasteiger partial charge < -0.3 is 9.73 Å². The van der Waals surface area contributed by atoms with E-state index >= 15 is 0 Å². The van der Waals surface area contributed by atoms with E-state index < -0.39 is 10.0 Å². The van der Waals surface area contributed by atoms with E-state index in [1.54, 1.807) is 19.2 Å². The molecule has 1 aliphatic heterocycles. The van der Waals surface area contributed by atoms with Crippen molar-refractivity contribution in [3.05, 3.63) is 17.9 Å². The van der Waals surface area contributed by atoms with Crippen LogP contribution in [0.1, 0.15) is 26.0 Å². The summed E-state index contributed by atoms with van der Waals surface area (Å²) in [5, 5.41) is 2.99. The van der Waals surface area contributed by atoms with E-state index in [4.69, 9.17) is 4.42 Å². The minimum absolute atomic E-state index is 0.0486. The van der Waals surface area contributed by atoms with Crippen LogP contribution >= 0.6 is 11.8 Å². The van der Waals surface area contributed by atoms with Gasteiger partial charge >= 0.3 is 0 Å². The molecule has 1 aliphatic rings. The number of hydrogen-bond donors (Lipinski definition) is 1. The van der Waals surface area contributed by atoms with Gasteiger partial charge in [0.1, 0.15) is 5.76 Å². The Morgan fingerprint density at radius 1 is 1.40 bits per heavy atom. The lowest BCUT2D eigenvalue weighted by atomic mass is 10.1. The van der Waals surface area contributed by atoms with Gasteiger partial charge in [-0.2, -0.15) is 16.1 Å². The summed E-state index contributed by atoms with van der Waals surface area (Å²) in [5.41, 5.74) is 0. The molecule has 20 heavy (non-hydrogen) atoms. The highest BCUT2D eigenvalue weighted by molar-refractivity contribution is 8.00. The maximum Gasteiger partial charge on any atom is 0.276 e. The number of nitrogens with zero attached hydrogens (tertiary/aromatic N) is 1. The molecule has 0 spiro atoms. The summed E-state index contributed by atoms with van der Waals surface area (Å²) in [6.07, 6.45) is 0.848. The first-order valence-electron chi connectivity index (χ1n) is 6.72. The highest BCUT2D eigenvalue weighted by atomic mass is 32.2. The summed E-state index contributed by atoms with van der Waals surface area (Å²) < 4.78 is 32.2. The molecule has 1 saturated heterocycles. The van der Waals surface area contributed by atoms with Crippen molar-refractivity contribution in [1.29, 1.82) is 0 Å². The molecular formula is C13H22N2O3S2. The molecular weight excluding hydrogens is 296 g/mol. The molecule has 0 unspecified atom stereocenters. The normalized spacial score (nSPS) is 20.8. The minimum atomic E-state index is -3.51. The molecule has 5 nitrogen and oxygen atoms in total. The highest BCUT2D eigenvalue weighted by Gasteiger charge is 2.32. The third kappa shape index (κ3) is 3.58. The lowest BCUT2D eigenvalue weighted by molar-refractivity contribution is 0.367. The third-order valence-corrected chi connectivity index (χ3v) is 6.52. The number of sulfonamides is 1. The van der Waals surface area contributed by atoms with Crippen LogP contribution in [0.25, 0.3) is 0 Å². The van der Waals surface area contributed by atoms with Crippen LogP contribution in [-0.2, 0) is 16.6 Å². The molecule has 1 aromatic heterocycles. The van der Waals surface area contributed by atoms with Crippen LogP contribution in [0.15, 0.2) is 21.6 Å². The Labute approximate surface area is 125 Å². The average Bonchev–Trinajstić information content (AvgIpc) is 2.75. The number of hydrogen-bond acceptors (Lipinski definition) is 5. The van der Waals surface area contributed by atoms with Gasteiger partial charge in [0.05, 0.1) is 6.54 Å². The zero-order chi connectivity index (χ0) is 14.8. The predicted octanol–water partition coefficient (Wildman–Crippen LogP) is 1.91. The summed E-state index contributed by atoms with van der Waals surface area (Å²) in [6, 6.07) is 3.26.